The number of methoxy groups -OCH3 is 2. The Kier molecular flexibility index (Phi) is 5.18. The van der Waals surface area contributed by atoms with Gasteiger partial charge in [0.25, 0.3) is 0 Å². The summed E-state index contributed by atoms with van der Waals surface area (Å²) in [6, 6.07) is 5.62. The summed E-state index contributed by atoms with van der Waals surface area (Å²) >= 11 is 0. The number of rotatable bonds is 6. The van der Waals surface area contributed by atoms with Gasteiger partial charge in [-0.05, 0) is 38.6 Å². The van der Waals surface area contributed by atoms with Gasteiger partial charge in [-0.15, -0.1) is 0 Å². The van der Waals surface area contributed by atoms with Gasteiger partial charge in [0.2, 0.25) is 5.91 Å². The Morgan fingerprint density at radius 2 is 1.84 bits per heavy atom. The van der Waals surface area contributed by atoms with Crippen LogP contribution in [0.5, 0.6) is 11.5 Å². The highest BCUT2D eigenvalue weighted by Gasteiger charge is 2.23. The van der Waals surface area contributed by atoms with Crippen molar-refractivity contribution >= 4 is 5.91 Å². The van der Waals surface area contributed by atoms with Crippen molar-refractivity contribution in [2.45, 2.75) is 19.4 Å². The molecule has 0 atom stereocenters. The van der Waals surface area contributed by atoms with Gasteiger partial charge in [0.05, 0.1) is 26.3 Å². The molecular weight excluding hydrogens is 244 g/mol. The van der Waals surface area contributed by atoms with Crippen molar-refractivity contribution in [2.75, 3.05) is 27.8 Å². The topological polar surface area (TPSA) is 59.6 Å². The van der Waals surface area contributed by atoms with Crippen molar-refractivity contribution < 1.29 is 14.3 Å². The Morgan fingerprint density at radius 3 is 2.37 bits per heavy atom. The molecule has 1 aromatic carbocycles. The zero-order valence-electron chi connectivity index (χ0n) is 12.2. The maximum absolute atomic E-state index is 11.7. The lowest BCUT2D eigenvalue weighted by Crippen LogP contribution is -2.44. The van der Waals surface area contributed by atoms with Gasteiger partial charge in [0.15, 0.2) is 11.5 Å². The number of hydrogen-bond donors (Lipinski definition) is 2. The monoisotopic (exact) mass is 266 g/mol. The summed E-state index contributed by atoms with van der Waals surface area (Å²) in [5.74, 6) is 1.27. The summed E-state index contributed by atoms with van der Waals surface area (Å²) in [5, 5.41) is 5.79. The summed E-state index contributed by atoms with van der Waals surface area (Å²) in [7, 11) is 4.93. The minimum Gasteiger partial charge on any atom is -0.493 e. The molecule has 0 radical (unpaired) electrons. The number of amides is 1. The molecule has 5 heteroatoms. The molecule has 0 unspecified atom stereocenters. The summed E-state index contributed by atoms with van der Waals surface area (Å²) in [6.45, 7) is 4.18. The second kappa shape index (κ2) is 6.43. The first kappa shape index (κ1) is 15.3. The van der Waals surface area contributed by atoms with Crippen molar-refractivity contribution in [1.29, 1.82) is 0 Å². The van der Waals surface area contributed by atoms with Gasteiger partial charge < -0.3 is 20.1 Å². The van der Waals surface area contributed by atoms with Gasteiger partial charge >= 0.3 is 0 Å². The summed E-state index contributed by atoms with van der Waals surface area (Å²) < 4.78 is 10.5. The van der Waals surface area contributed by atoms with Gasteiger partial charge in [-0.25, -0.2) is 0 Å². The first-order valence-corrected chi connectivity index (χ1v) is 6.12. The molecule has 0 bridgehead atoms. The number of benzene rings is 1. The van der Waals surface area contributed by atoms with Gasteiger partial charge in [-0.2, -0.15) is 0 Å². The van der Waals surface area contributed by atoms with E-state index in [2.05, 4.69) is 10.6 Å². The zero-order chi connectivity index (χ0) is 14.5. The van der Waals surface area contributed by atoms with Crippen LogP contribution in [-0.4, -0.2) is 33.7 Å². The zero-order valence-corrected chi connectivity index (χ0v) is 12.2. The van der Waals surface area contributed by atoms with E-state index in [1.54, 1.807) is 21.3 Å². The van der Waals surface area contributed by atoms with Crippen LogP contribution in [0.3, 0.4) is 0 Å². The molecule has 0 saturated carbocycles. The second-order valence-corrected chi connectivity index (χ2v) is 4.77. The minimum atomic E-state index is -0.479. The third kappa shape index (κ3) is 3.86. The van der Waals surface area contributed by atoms with Crippen LogP contribution in [0, 0.1) is 0 Å². The number of nitrogens with one attached hydrogen (secondary N) is 2. The highest BCUT2D eigenvalue weighted by molar-refractivity contribution is 5.79. The molecule has 2 N–H and O–H groups in total. The van der Waals surface area contributed by atoms with Gasteiger partial charge in [-0.3, -0.25) is 4.79 Å². The Morgan fingerprint density at radius 1 is 1.21 bits per heavy atom. The summed E-state index contributed by atoms with van der Waals surface area (Å²) in [4.78, 5) is 11.7. The van der Waals surface area contributed by atoms with Crippen LogP contribution in [0.1, 0.15) is 19.4 Å². The largest absolute Gasteiger partial charge is 0.493 e. The third-order valence-electron chi connectivity index (χ3n) is 2.89. The standard InChI is InChI=1S/C14H22N2O3/c1-14(2,16-13(17)9-15-3)10-6-7-11(18-4)12(8-10)19-5/h6-8,15H,9H2,1-5H3,(H,16,17). The SMILES string of the molecule is CNCC(=O)NC(C)(C)c1ccc(OC)c(OC)c1. The highest BCUT2D eigenvalue weighted by Crippen LogP contribution is 2.31. The van der Waals surface area contributed by atoms with Crippen LogP contribution in [-0.2, 0) is 10.3 Å². The van der Waals surface area contributed by atoms with Crippen LogP contribution < -0.4 is 20.1 Å². The van der Waals surface area contributed by atoms with Crippen LogP contribution in [0.4, 0.5) is 0 Å². The molecule has 0 fully saturated rings. The fraction of sp³-hybridized carbons (Fsp3) is 0.500. The van der Waals surface area contributed by atoms with Crippen molar-refractivity contribution in [3.8, 4) is 11.5 Å². The molecular formula is C14H22N2O3. The summed E-state index contributed by atoms with van der Waals surface area (Å²) in [5.41, 5.74) is 0.475. The van der Waals surface area contributed by atoms with Crippen molar-refractivity contribution in [3.63, 3.8) is 0 Å². The van der Waals surface area contributed by atoms with Crippen LogP contribution in [0.25, 0.3) is 0 Å². The molecule has 19 heavy (non-hydrogen) atoms. The first-order chi connectivity index (χ1) is 8.94. The van der Waals surface area contributed by atoms with E-state index in [0.29, 0.717) is 11.5 Å². The Balaban J connectivity index is 2.97. The Hall–Kier alpha value is -1.75. The van der Waals surface area contributed by atoms with E-state index in [4.69, 9.17) is 9.47 Å². The molecule has 0 heterocycles. The summed E-state index contributed by atoms with van der Waals surface area (Å²) in [6.07, 6.45) is 0. The van der Waals surface area contributed by atoms with E-state index in [9.17, 15) is 4.79 Å². The van der Waals surface area contributed by atoms with Crippen molar-refractivity contribution in [3.05, 3.63) is 23.8 Å². The van der Waals surface area contributed by atoms with E-state index in [1.807, 2.05) is 32.0 Å². The smallest absolute Gasteiger partial charge is 0.234 e. The van der Waals surface area contributed by atoms with Crippen LogP contribution in [0.15, 0.2) is 18.2 Å². The molecule has 0 aliphatic heterocycles. The lowest BCUT2D eigenvalue weighted by atomic mass is 9.93. The quantitative estimate of drug-likeness (QED) is 0.814. The Bertz CT molecular complexity index is 444. The highest BCUT2D eigenvalue weighted by atomic mass is 16.5. The molecule has 106 valence electrons. The maximum Gasteiger partial charge on any atom is 0.234 e. The minimum absolute atomic E-state index is 0.0534. The average Bonchev–Trinajstić information content (AvgIpc) is 2.37. The molecule has 5 nitrogen and oxygen atoms in total. The molecule has 1 aromatic rings. The van der Waals surface area contributed by atoms with Gasteiger partial charge in [0, 0.05) is 0 Å². The number of carbonyl (C=O) groups is 1. The van der Waals surface area contributed by atoms with E-state index >= 15 is 0 Å². The lowest BCUT2D eigenvalue weighted by Gasteiger charge is -2.27. The molecule has 0 aliphatic carbocycles. The van der Waals surface area contributed by atoms with Crippen LogP contribution in [0.2, 0.25) is 0 Å². The van der Waals surface area contributed by atoms with E-state index in [-0.39, 0.29) is 12.5 Å². The van der Waals surface area contributed by atoms with E-state index < -0.39 is 5.54 Å². The fourth-order valence-electron chi connectivity index (χ4n) is 1.85. The molecule has 0 aromatic heterocycles. The molecule has 1 amide bonds. The van der Waals surface area contributed by atoms with Crippen molar-refractivity contribution in [2.24, 2.45) is 0 Å². The first-order valence-electron chi connectivity index (χ1n) is 6.12. The number of likely N-dealkylation sites (N-methyl/N-ethyl adjacent to an activating group) is 1. The van der Waals surface area contributed by atoms with Gasteiger partial charge in [-0.1, -0.05) is 6.07 Å². The van der Waals surface area contributed by atoms with Gasteiger partial charge in [0.1, 0.15) is 0 Å². The number of hydrogen-bond acceptors (Lipinski definition) is 4. The molecule has 0 saturated heterocycles. The van der Waals surface area contributed by atoms with Crippen molar-refractivity contribution in [1.82, 2.24) is 10.6 Å². The molecule has 0 aliphatic rings. The third-order valence-corrected chi connectivity index (χ3v) is 2.89. The van der Waals surface area contributed by atoms with E-state index in [1.165, 1.54) is 0 Å². The second-order valence-electron chi connectivity index (χ2n) is 4.77. The predicted molar refractivity (Wildman–Crippen MR) is 74.6 cm³/mol. The fourth-order valence-corrected chi connectivity index (χ4v) is 1.85. The average molecular weight is 266 g/mol. The number of carbonyl (C=O) groups excluding carboxylic acids is 1. The molecule has 1 rings (SSSR count). The number of ether oxygens (including phenoxy) is 2. The lowest BCUT2D eigenvalue weighted by molar-refractivity contribution is -0.121. The molecule has 0 spiro atoms. The van der Waals surface area contributed by atoms with E-state index in [0.717, 1.165) is 5.56 Å². The van der Waals surface area contributed by atoms with Crippen LogP contribution >= 0.6 is 0 Å². The normalized spacial score (nSPS) is 11.0. The maximum atomic E-state index is 11.7. The Labute approximate surface area is 114 Å². The predicted octanol–water partition coefficient (Wildman–Crippen LogP) is 1.27.